The SMILES string of the molecule is Cc1ccc(C)c(CCC(=O)c2ccccc2O)c1. The first-order valence-corrected chi connectivity index (χ1v) is 6.45. The number of para-hydroxylation sites is 1. The summed E-state index contributed by atoms with van der Waals surface area (Å²) in [4.78, 5) is 12.1. The summed E-state index contributed by atoms with van der Waals surface area (Å²) >= 11 is 0. The van der Waals surface area contributed by atoms with Gasteiger partial charge in [0, 0.05) is 6.42 Å². The van der Waals surface area contributed by atoms with Crippen molar-refractivity contribution in [3.05, 3.63) is 64.7 Å². The zero-order valence-electron chi connectivity index (χ0n) is 11.3. The first-order valence-electron chi connectivity index (χ1n) is 6.45. The Morgan fingerprint density at radius 1 is 1.11 bits per heavy atom. The Balaban J connectivity index is 2.09. The highest BCUT2D eigenvalue weighted by atomic mass is 16.3. The van der Waals surface area contributed by atoms with Crippen LogP contribution in [0.1, 0.15) is 33.5 Å². The summed E-state index contributed by atoms with van der Waals surface area (Å²) in [7, 11) is 0. The number of carbonyl (C=O) groups excluding carboxylic acids is 1. The van der Waals surface area contributed by atoms with E-state index in [1.165, 1.54) is 16.7 Å². The van der Waals surface area contributed by atoms with Crippen LogP contribution in [-0.2, 0) is 6.42 Å². The summed E-state index contributed by atoms with van der Waals surface area (Å²) in [6.45, 7) is 4.10. The number of hydrogen-bond donors (Lipinski definition) is 1. The third kappa shape index (κ3) is 3.22. The molecule has 2 aromatic carbocycles. The molecule has 0 aromatic heterocycles. The van der Waals surface area contributed by atoms with E-state index in [0.29, 0.717) is 18.4 Å². The van der Waals surface area contributed by atoms with Gasteiger partial charge in [-0.25, -0.2) is 0 Å². The topological polar surface area (TPSA) is 37.3 Å². The maximum absolute atomic E-state index is 12.1. The minimum Gasteiger partial charge on any atom is -0.507 e. The molecule has 0 radical (unpaired) electrons. The normalized spacial score (nSPS) is 10.4. The van der Waals surface area contributed by atoms with Crippen LogP contribution in [-0.4, -0.2) is 10.9 Å². The maximum Gasteiger partial charge on any atom is 0.166 e. The van der Waals surface area contributed by atoms with Gasteiger partial charge in [0.2, 0.25) is 0 Å². The van der Waals surface area contributed by atoms with Crippen LogP contribution in [0.25, 0.3) is 0 Å². The highest BCUT2D eigenvalue weighted by molar-refractivity contribution is 5.98. The van der Waals surface area contributed by atoms with Crippen LogP contribution < -0.4 is 0 Å². The summed E-state index contributed by atoms with van der Waals surface area (Å²) in [5, 5.41) is 9.66. The van der Waals surface area contributed by atoms with Gasteiger partial charge in [-0.2, -0.15) is 0 Å². The summed E-state index contributed by atoms with van der Waals surface area (Å²) in [6, 6.07) is 13.0. The average molecular weight is 254 g/mol. The van der Waals surface area contributed by atoms with E-state index in [4.69, 9.17) is 0 Å². The fraction of sp³-hybridized carbons (Fsp3) is 0.235. The van der Waals surface area contributed by atoms with E-state index in [9.17, 15) is 9.90 Å². The number of ketones is 1. The second-order valence-electron chi connectivity index (χ2n) is 4.87. The van der Waals surface area contributed by atoms with Gasteiger partial charge in [-0.3, -0.25) is 4.79 Å². The monoisotopic (exact) mass is 254 g/mol. The standard InChI is InChI=1S/C17H18O2/c1-12-7-8-13(2)14(11-12)9-10-17(19)15-5-3-4-6-16(15)18/h3-8,11,18H,9-10H2,1-2H3. The van der Waals surface area contributed by atoms with Gasteiger partial charge in [-0.15, -0.1) is 0 Å². The van der Waals surface area contributed by atoms with Crippen molar-refractivity contribution in [1.29, 1.82) is 0 Å². The molecule has 0 amide bonds. The van der Waals surface area contributed by atoms with Crippen molar-refractivity contribution >= 4 is 5.78 Å². The van der Waals surface area contributed by atoms with Crippen molar-refractivity contribution in [2.24, 2.45) is 0 Å². The molecule has 0 bridgehead atoms. The molecule has 2 aromatic rings. The zero-order valence-corrected chi connectivity index (χ0v) is 11.3. The maximum atomic E-state index is 12.1. The average Bonchev–Trinajstić information content (AvgIpc) is 2.40. The molecule has 0 unspecified atom stereocenters. The number of benzene rings is 2. The summed E-state index contributed by atoms with van der Waals surface area (Å²) < 4.78 is 0. The molecule has 0 aliphatic heterocycles. The molecule has 0 atom stereocenters. The fourth-order valence-corrected chi connectivity index (χ4v) is 2.16. The predicted molar refractivity (Wildman–Crippen MR) is 76.7 cm³/mol. The Kier molecular flexibility index (Phi) is 4.00. The van der Waals surface area contributed by atoms with Gasteiger partial charge >= 0.3 is 0 Å². The van der Waals surface area contributed by atoms with Crippen LogP contribution in [0.3, 0.4) is 0 Å². The molecule has 2 rings (SSSR count). The van der Waals surface area contributed by atoms with Gasteiger partial charge in [0.1, 0.15) is 5.75 Å². The predicted octanol–water partition coefficient (Wildman–Crippen LogP) is 3.82. The number of rotatable bonds is 4. The second kappa shape index (κ2) is 5.70. The number of aromatic hydroxyl groups is 1. The first-order chi connectivity index (χ1) is 9.08. The van der Waals surface area contributed by atoms with Gasteiger partial charge in [-0.1, -0.05) is 35.9 Å². The highest BCUT2D eigenvalue weighted by Crippen LogP contribution is 2.19. The van der Waals surface area contributed by atoms with E-state index in [2.05, 4.69) is 25.1 Å². The largest absolute Gasteiger partial charge is 0.507 e. The van der Waals surface area contributed by atoms with Gasteiger partial charge in [0.25, 0.3) is 0 Å². The fourth-order valence-electron chi connectivity index (χ4n) is 2.16. The number of hydrogen-bond acceptors (Lipinski definition) is 2. The molecule has 0 aliphatic rings. The van der Waals surface area contributed by atoms with Crippen molar-refractivity contribution in [2.75, 3.05) is 0 Å². The molecule has 0 heterocycles. The van der Waals surface area contributed by atoms with Crippen LogP contribution in [0.2, 0.25) is 0 Å². The van der Waals surface area contributed by atoms with Gasteiger partial charge in [-0.05, 0) is 43.5 Å². The van der Waals surface area contributed by atoms with Crippen LogP contribution in [0.4, 0.5) is 0 Å². The number of carbonyl (C=O) groups is 1. The first kappa shape index (κ1) is 13.3. The van der Waals surface area contributed by atoms with Crippen molar-refractivity contribution in [1.82, 2.24) is 0 Å². The summed E-state index contributed by atoms with van der Waals surface area (Å²) in [6.07, 6.45) is 1.13. The Hall–Kier alpha value is -2.09. The summed E-state index contributed by atoms with van der Waals surface area (Å²) in [5.74, 6) is 0.0486. The van der Waals surface area contributed by atoms with Crippen LogP contribution in [0.15, 0.2) is 42.5 Å². The third-order valence-corrected chi connectivity index (χ3v) is 3.33. The molecule has 2 heteroatoms. The molecule has 0 saturated heterocycles. The van der Waals surface area contributed by atoms with E-state index >= 15 is 0 Å². The lowest BCUT2D eigenvalue weighted by molar-refractivity contribution is 0.0980. The Bertz CT molecular complexity index is 600. The minimum absolute atomic E-state index is 0.0148. The smallest absolute Gasteiger partial charge is 0.166 e. The van der Waals surface area contributed by atoms with Crippen molar-refractivity contribution in [3.8, 4) is 5.75 Å². The van der Waals surface area contributed by atoms with Gasteiger partial charge in [0.15, 0.2) is 5.78 Å². The molecule has 1 N–H and O–H groups in total. The van der Waals surface area contributed by atoms with Crippen LogP contribution in [0.5, 0.6) is 5.75 Å². The molecule has 19 heavy (non-hydrogen) atoms. The van der Waals surface area contributed by atoms with Crippen LogP contribution >= 0.6 is 0 Å². The van der Waals surface area contributed by atoms with Gasteiger partial charge < -0.3 is 5.11 Å². The van der Waals surface area contributed by atoms with E-state index in [1.807, 2.05) is 6.92 Å². The van der Waals surface area contributed by atoms with Gasteiger partial charge in [0.05, 0.1) is 5.56 Å². The van der Waals surface area contributed by atoms with E-state index in [-0.39, 0.29) is 11.5 Å². The van der Waals surface area contributed by atoms with E-state index in [0.717, 1.165) is 0 Å². The van der Waals surface area contributed by atoms with Crippen LogP contribution in [0, 0.1) is 13.8 Å². The molecule has 0 fully saturated rings. The third-order valence-electron chi connectivity index (χ3n) is 3.33. The second-order valence-corrected chi connectivity index (χ2v) is 4.87. The Morgan fingerprint density at radius 2 is 1.84 bits per heavy atom. The van der Waals surface area contributed by atoms with Crippen molar-refractivity contribution < 1.29 is 9.90 Å². The lowest BCUT2D eigenvalue weighted by Gasteiger charge is -2.07. The molecular formula is C17H18O2. The molecular weight excluding hydrogens is 236 g/mol. The minimum atomic E-state index is -0.0148. The zero-order chi connectivity index (χ0) is 13.8. The summed E-state index contributed by atoms with van der Waals surface area (Å²) in [5.41, 5.74) is 4.02. The molecule has 2 nitrogen and oxygen atoms in total. The molecule has 0 spiro atoms. The lowest BCUT2D eigenvalue weighted by atomic mass is 9.98. The van der Waals surface area contributed by atoms with Crippen molar-refractivity contribution in [2.45, 2.75) is 26.7 Å². The highest BCUT2D eigenvalue weighted by Gasteiger charge is 2.11. The Morgan fingerprint density at radius 3 is 2.58 bits per heavy atom. The lowest BCUT2D eigenvalue weighted by Crippen LogP contribution is -2.02. The number of aryl methyl sites for hydroxylation is 3. The van der Waals surface area contributed by atoms with E-state index < -0.39 is 0 Å². The van der Waals surface area contributed by atoms with Crippen molar-refractivity contribution in [3.63, 3.8) is 0 Å². The molecule has 98 valence electrons. The number of Topliss-reactive ketones (excluding diaryl/α,β-unsaturated/α-hetero) is 1. The number of phenolic OH excluding ortho intramolecular Hbond substituents is 1. The number of phenols is 1. The molecule has 0 aliphatic carbocycles. The Labute approximate surface area is 113 Å². The molecule has 0 saturated carbocycles. The quantitative estimate of drug-likeness (QED) is 0.842. The van der Waals surface area contributed by atoms with E-state index in [1.54, 1.807) is 24.3 Å².